The molecule has 0 bridgehead atoms. The van der Waals surface area contributed by atoms with Crippen molar-refractivity contribution in [2.45, 2.75) is 18.7 Å². The minimum absolute atomic E-state index is 0.232. The number of ether oxygens (including phenoxy) is 2. The van der Waals surface area contributed by atoms with E-state index in [1.807, 2.05) is 50.2 Å². The first-order chi connectivity index (χ1) is 13.0. The van der Waals surface area contributed by atoms with Gasteiger partial charge >= 0.3 is 5.97 Å². The molecule has 0 saturated heterocycles. The summed E-state index contributed by atoms with van der Waals surface area (Å²) in [5, 5.41) is 3.40. The van der Waals surface area contributed by atoms with Crippen LogP contribution in [0.2, 0.25) is 5.02 Å². The van der Waals surface area contributed by atoms with Crippen LogP contribution in [0.25, 0.3) is 0 Å². The lowest BCUT2D eigenvalue weighted by Crippen LogP contribution is -2.31. The number of amides is 1. The van der Waals surface area contributed by atoms with Crippen molar-refractivity contribution in [1.29, 1.82) is 0 Å². The van der Waals surface area contributed by atoms with Crippen LogP contribution in [-0.2, 0) is 14.3 Å². The number of esters is 1. The van der Waals surface area contributed by atoms with Crippen LogP contribution in [0.4, 0.5) is 0 Å². The van der Waals surface area contributed by atoms with Gasteiger partial charge in [0.25, 0.3) is 5.91 Å². The molecule has 0 unspecified atom stereocenters. The molecular weight excluding hydrogens is 386 g/mol. The molecule has 0 saturated carbocycles. The van der Waals surface area contributed by atoms with Crippen molar-refractivity contribution in [2.24, 2.45) is 0 Å². The highest BCUT2D eigenvalue weighted by Crippen LogP contribution is 2.20. The van der Waals surface area contributed by atoms with E-state index in [1.54, 1.807) is 17.8 Å². The van der Waals surface area contributed by atoms with Gasteiger partial charge in [-0.25, -0.2) is 4.79 Å². The molecule has 2 aromatic carbocycles. The van der Waals surface area contributed by atoms with Crippen LogP contribution in [-0.4, -0.2) is 37.4 Å². The standard InChI is InChI=1S/C20H22ClNO4S/c1-14-4-3-5-18(15(14)2)25-13-20(24)26-12-19(23)22-10-11-27-17-8-6-16(21)7-9-17/h3-9H,10-13H2,1-2H3,(H,22,23). The molecule has 5 nitrogen and oxygen atoms in total. The summed E-state index contributed by atoms with van der Waals surface area (Å²) in [4.78, 5) is 24.5. The maximum Gasteiger partial charge on any atom is 0.344 e. The Bertz CT molecular complexity index is 780. The first kappa shape index (κ1) is 21.1. The van der Waals surface area contributed by atoms with Crippen LogP contribution in [0.3, 0.4) is 0 Å². The van der Waals surface area contributed by atoms with Gasteiger partial charge in [0.2, 0.25) is 0 Å². The number of thioether (sulfide) groups is 1. The Hall–Kier alpha value is -2.18. The van der Waals surface area contributed by atoms with E-state index in [1.165, 1.54) is 0 Å². The number of benzene rings is 2. The van der Waals surface area contributed by atoms with Crippen LogP contribution in [0, 0.1) is 13.8 Å². The Morgan fingerprint density at radius 2 is 1.81 bits per heavy atom. The third kappa shape index (κ3) is 7.53. The second-order valence-electron chi connectivity index (χ2n) is 5.80. The third-order valence-corrected chi connectivity index (χ3v) is 5.04. The Morgan fingerprint density at radius 3 is 2.56 bits per heavy atom. The summed E-state index contributed by atoms with van der Waals surface area (Å²) in [6.07, 6.45) is 0. The fourth-order valence-corrected chi connectivity index (χ4v) is 3.04. The maximum absolute atomic E-state index is 11.7. The first-order valence-corrected chi connectivity index (χ1v) is 9.82. The molecule has 0 atom stereocenters. The zero-order valence-corrected chi connectivity index (χ0v) is 16.9. The molecule has 0 aliphatic heterocycles. The highest BCUT2D eigenvalue weighted by atomic mass is 35.5. The minimum atomic E-state index is -0.582. The van der Waals surface area contributed by atoms with Gasteiger partial charge in [0.15, 0.2) is 13.2 Å². The quantitative estimate of drug-likeness (QED) is 0.389. The van der Waals surface area contributed by atoms with E-state index in [9.17, 15) is 9.59 Å². The van der Waals surface area contributed by atoms with E-state index in [-0.39, 0.29) is 19.1 Å². The molecule has 0 heterocycles. The highest BCUT2D eigenvalue weighted by Gasteiger charge is 2.09. The Morgan fingerprint density at radius 1 is 1.07 bits per heavy atom. The van der Waals surface area contributed by atoms with E-state index >= 15 is 0 Å². The van der Waals surface area contributed by atoms with Crippen molar-refractivity contribution >= 4 is 35.2 Å². The summed E-state index contributed by atoms with van der Waals surface area (Å²) in [6.45, 7) is 3.81. The molecule has 0 radical (unpaired) electrons. The zero-order chi connectivity index (χ0) is 19.6. The molecule has 1 N–H and O–H groups in total. The largest absolute Gasteiger partial charge is 0.482 e. The summed E-state index contributed by atoms with van der Waals surface area (Å²) in [6, 6.07) is 13.1. The van der Waals surface area contributed by atoms with Crippen LogP contribution >= 0.6 is 23.4 Å². The number of aryl methyl sites for hydroxylation is 1. The average molecular weight is 408 g/mol. The fourth-order valence-electron chi connectivity index (χ4n) is 2.15. The Balaban J connectivity index is 1.59. The van der Waals surface area contributed by atoms with Gasteiger partial charge in [-0.05, 0) is 55.3 Å². The van der Waals surface area contributed by atoms with E-state index in [2.05, 4.69) is 5.32 Å². The number of carbonyl (C=O) groups is 2. The fraction of sp³-hybridized carbons (Fsp3) is 0.300. The van der Waals surface area contributed by atoms with Crippen molar-refractivity contribution in [3.63, 3.8) is 0 Å². The number of rotatable bonds is 9. The number of hydrogen-bond acceptors (Lipinski definition) is 5. The van der Waals surface area contributed by atoms with Gasteiger partial charge in [-0.15, -0.1) is 11.8 Å². The lowest BCUT2D eigenvalue weighted by molar-refractivity contribution is -0.150. The van der Waals surface area contributed by atoms with E-state index in [4.69, 9.17) is 21.1 Å². The second-order valence-corrected chi connectivity index (χ2v) is 7.40. The SMILES string of the molecule is Cc1cccc(OCC(=O)OCC(=O)NCCSc2ccc(Cl)cc2)c1C. The average Bonchev–Trinajstić information content (AvgIpc) is 2.66. The third-order valence-electron chi connectivity index (χ3n) is 3.77. The molecule has 1 amide bonds. The van der Waals surface area contributed by atoms with E-state index in [0.29, 0.717) is 23.1 Å². The van der Waals surface area contributed by atoms with Crippen LogP contribution in [0.5, 0.6) is 5.75 Å². The maximum atomic E-state index is 11.7. The first-order valence-electron chi connectivity index (χ1n) is 8.45. The van der Waals surface area contributed by atoms with Gasteiger partial charge in [-0.2, -0.15) is 0 Å². The number of hydrogen-bond donors (Lipinski definition) is 1. The Labute approximate surface area is 168 Å². The van der Waals surface area contributed by atoms with Crippen molar-refractivity contribution in [3.05, 3.63) is 58.6 Å². The minimum Gasteiger partial charge on any atom is -0.482 e. The predicted molar refractivity (Wildman–Crippen MR) is 108 cm³/mol. The molecular formula is C20H22ClNO4S. The second kappa shape index (κ2) is 10.8. The molecule has 0 aliphatic carbocycles. The van der Waals surface area contributed by atoms with Gasteiger partial charge < -0.3 is 14.8 Å². The summed E-state index contributed by atoms with van der Waals surface area (Å²) < 4.78 is 10.4. The monoisotopic (exact) mass is 407 g/mol. The van der Waals surface area contributed by atoms with Gasteiger partial charge in [0.05, 0.1) is 0 Å². The summed E-state index contributed by atoms with van der Waals surface area (Å²) in [5.41, 5.74) is 2.05. The van der Waals surface area contributed by atoms with Crippen molar-refractivity contribution in [2.75, 3.05) is 25.5 Å². The highest BCUT2D eigenvalue weighted by molar-refractivity contribution is 7.99. The van der Waals surface area contributed by atoms with E-state index < -0.39 is 5.97 Å². The van der Waals surface area contributed by atoms with Crippen molar-refractivity contribution in [1.82, 2.24) is 5.32 Å². The van der Waals surface area contributed by atoms with Crippen LogP contribution in [0.1, 0.15) is 11.1 Å². The molecule has 0 fully saturated rings. The summed E-state index contributed by atoms with van der Waals surface area (Å²) in [7, 11) is 0. The zero-order valence-electron chi connectivity index (χ0n) is 15.3. The molecule has 0 aliphatic rings. The van der Waals surface area contributed by atoms with Gasteiger partial charge in [-0.3, -0.25) is 4.79 Å². The lowest BCUT2D eigenvalue weighted by atomic mass is 10.1. The molecule has 2 rings (SSSR count). The van der Waals surface area contributed by atoms with Crippen LogP contribution in [0.15, 0.2) is 47.4 Å². The summed E-state index contributed by atoms with van der Waals surface area (Å²) in [5.74, 6) is 0.417. The topological polar surface area (TPSA) is 64.6 Å². The molecule has 2 aromatic rings. The molecule has 27 heavy (non-hydrogen) atoms. The van der Waals surface area contributed by atoms with Gasteiger partial charge in [0, 0.05) is 22.2 Å². The Kier molecular flexibility index (Phi) is 8.48. The lowest BCUT2D eigenvalue weighted by Gasteiger charge is -2.10. The number of nitrogens with one attached hydrogen (secondary N) is 1. The molecule has 0 aromatic heterocycles. The smallest absolute Gasteiger partial charge is 0.344 e. The van der Waals surface area contributed by atoms with Gasteiger partial charge in [-0.1, -0.05) is 23.7 Å². The summed E-state index contributed by atoms with van der Waals surface area (Å²) >= 11 is 7.43. The van der Waals surface area contributed by atoms with Crippen LogP contribution < -0.4 is 10.1 Å². The van der Waals surface area contributed by atoms with Crippen molar-refractivity contribution < 1.29 is 19.1 Å². The molecule has 0 spiro atoms. The normalized spacial score (nSPS) is 10.3. The van der Waals surface area contributed by atoms with Crippen molar-refractivity contribution in [3.8, 4) is 5.75 Å². The number of halogens is 1. The molecule has 144 valence electrons. The number of carbonyl (C=O) groups excluding carboxylic acids is 2. The van der Waals surface area contributed by atoms with Gasteiger partial charge in [0.1, 0.15) is 5.75 Å². The van der Waals surface area contributed by atoms with E-state index in [0.717, 1.165) is 16.0 Å². The molecule has 7 heteroatoms. The predicted octanol–water partition coefficient (Wildman–Crippen LogP) is 3.79.